The standard InChI is InChI=1S/C8H16N2/c1-4-7(5-2)8(6-3)10-9/h3,7-8,10H,4-5,9H2,1-2H3. The number of nitrogens with two attached hydrogens (primary N) is 1. The van der Waals surface area contributed by atoms with Crippen LogP contribution in [-0.2, 0) is 0 Å². The van der Waals surface area contributed by atoms with Gasteiger partial charge in [-0.05, 0) is 5.92 Å². The minimum absolute atomic E-state index is 0.0370. The topological polar surface area (TPSA) is 38.0 Å². The van der Waals surface area contributed by atoms with Gasteiger partial charge in [0.2, 0.25) is 0 Å². The van der Waals surface area contributed by atoms with Crippen LogP contribution in [0.5, 0.6) is 0 Å². The monoisotopic (exact) mass is 140 g/mol. The van der Waals surface area contributed by atoms with Gasteiger partial charge in [-0.25, -0.2) is 5.43 Å². The summed E-state index contributed by atoms with van der Waals surface area (Å²) < 4.78 is 0. The van der Waals surface area contributed by atoms with Crippen molar-refractivity contribution in [1.29, 1.82) is 0 Å². The highest BCUT2D eigenvalue weighted by atomic mass is 15.2. The van der Waals surface area contributed by atoms with Crippen molar-refractivity contribution in [2.24, 2.45) is 11.8 Å². The summed E-state index contributed by atoms with van der Waals surface area (Å²) in [6, 6.07) is 0.0370. The first-order chi connectivity index (χ1) is 4.79. The highest BCUT2D eigenvalue weighted by Gasteiger charge is 2.12. The molecule has 58 valence electrons. The summed E-state index contributed by atoms with van der Waals surface area (Å²) in [6.45, 7) is 4.24. The zero-order valence-corrected chi connectivity index (χ0v) is 6.72. The molecule has 0 spiro atoms. The lowest BCUT2D eigenvalue weighted by molar-refractivity contribution is 0.398. The molecule has 0 aromatic carbocycles. The van der Waals surface area contributed by atoms with Crippen LogP contribution in [0.15, 0.2) is 0 Å². The molecule has 3 N–H and O–H groups in total. The molecule has 0 aliphatic heterocycles. The molecule has 0 radical (unpaired) electrons. The molecule has 10 heavy (non-hydrogen) atoms. The quantitative estimate of drug-likeness (QED) is 0.346. The first-order valence-electron chi connectivity index (χ1n) is 3.72. The van der Waals surface area contributed by atoms with Crippen molar-refractivity contribution in [1.82, 2.24) is 5.43 Å². The largest absolute Gasteiger partial charge is 0.270 e. The fourth-order valence-electron chi connectivity index (χ4n) is 1.08. The molecule has 1 atom stereocenters. The third-order valence-electron chi connectivity index (χ3n) is 1.88. The van der Waals surface area contributed by atoms with Crippen LogP contribution in [0, 0.1) is 18.3 Å². The van der Waals surface area contributed by atoms with E-state index in [1.165, 1.54) is 0 Å². The molecule has 2 nitrogen and oxygen atoms in total. The minimum Gasteiger partial charge on any atom is -0.270 e. The van der Waals surface area contributed by atoms with E-state index in [0.717, 1.165) is 12.8 Å². The number of hydrazine groups is 1. The number of nitrogens with one attached hydrogen (secondary N) is 1. The van der Waals surface area contributed by atoms with Crippen molar-refractivity contribution in [3.63, 3.8) is 0 Å². The molecule has 0 bridgehead atoms. The zero-order chi connectivity index (χ0) is 7.98. The van der Waals surface area contributed by atoms with Crippen LogP contribution < -0.4 is 11.3 Å². The highest BCUT2D eigenvalue weighted by molar-refractivity contribution is 5.00. The third kappa shape index (κ3) is 2.38. The molecule has 0 aromatic heterocycles. The Bertz CT molecular complexity index is 111. The van der Waals surface area contributed by atoms with Crippen molar-refractivity contribution in [3.05, 3.63) is 0 Å². The molecule has 0 saturated carbocycles. The first kappa shape index (κ1) is 9.48. The molecule has 0 heterocycles. The second-order valence-corrected chi connectivity index (χ2v) is 2.39. The summed E-state index contributed by atoms with van der Waals surface area (Å²) in [6.07, 6.45) is 7.40. The third-order valence-corrected chi connectivity index (χ3v) is 1.88. The molecule has 0 saturated heterocycles. The molecule has 2 heteroatoms. The summed E-state index contributed by atoms with van der Waals surface area (Å²) in [4.78, 5) is 0. The van der Waals surface area contributed by atoms with E-state index >= 15 is 0 Å². The van der Waals surface area contributed by atoms with Crippen LogP contribution in [0.1, 0.15) is 26.7 Å². The minimum atomic E-state index is 0.0370. The van der Waals surface area contributed by atoms with E-state index < -0.39 is 0 Å². The molecule has 0 rings (SSSR count). The maximum Gasteiger partial charge on any atom is 0.0842 e. The van der Waals surface area contributed by atoms with Gasteiger partial charge in [-0.15, -0.1) is 6.42 Å². The Kier molecular flexibility index (Phi) is 5.00. The summed E-state index contributed by atoms with van der Waals surface area (Å²) >= 11 is 0. The van der Waals surface area contributed by atoms with E-state index in [1.807, 2.05) is 0 Å². The van der Waals surface area contributed by atoms with E-state index in [-0.39, 0.29) is 6.04 Å². The van der Waals surface area contributed by atoms with E-state index in [0.29, 0.717) is 5.92 Å². The van der Waals surface area contributed by atoms with Crippen molar-refractivity contribution >= 4 is 0 Å². The molecule has 0 aliphatic rings. The van der Waals surface area contributed by atoms with Gasteiger partial charge in [-0.2, -0.15) is 0 Å². The first-order valence-corrected chi connectivity index (χ1v) is 3.72. The Morgan fingerprint density at radius 1 is 1.50 bits per heavy atom. The fraction of sp³-hybridized carbons (Fsp3) is 0.750. The van der Waals surface area contributed by atoms with Crippen LogP contribution in [0.2, 0.25) is 0 Å². The SMILES string of the molecule is C#CC(NN)C(CC)CC. The Labute approximate surface area is 63.2 Å². The number of hydrogen-bond acceptors (Lipinski definition) is 2. The number of hydrogen-bond donors (Lipinski definition) is 2. The Morgan fingerprint density at radius 2 is 2.00 bits per heavy atom. The maximum absolute atomic E-state index is 5.24. The maximum atomic E-state index is 5.24. The summed E-state index contributed by atoms with van der Waals surface area (Å²) in [5.74, 6) is 8.37. The fourth-order valence-corrected chi connectivity index (χ4v) is 1.08. The van der Waals surface area contributed by atoms with Crippen LogP contribution in [-0.4, -0.2) is 6.04 Å². The van der Waals surface area contributed by atoms with Crippen LogP contribution in [0.3, 0.4) is 0 Å². The van der Waals surface area contributed by atoms with Crippen molar-refractivity contribution in [2.75, 3.05) is 0 Å². The Balaban J connectivity index is 3.85. The summed E-state index contributed by atoms with van der Waals surface area (Å²) in [5.41, 5.74) is 2.62. The average molecular weight is 140 g/mol. The van der Waals surface area contributed by atoms with Gasteiger partial charge < -0.3 is 0 Å². The Morgan fingerprint density at radius 3 is 2.10 bits per heavy atom. The number of rotatable bonds is 4. The molecule has 0 aliphatic carbocycles. The average Bonchev–Trinajstić information content (AvgIpc) is 2.00. The van der Waals surface area contributed by atoms with E-state index in [4.69, 9.17) is 12.3 Å². The normalized spacial score (nSPS) is 13.1. The predicted octanol–water partition coefficient (Wildman–Crippen LogP) is 0.888. The smallest absolute Gasteiger partial charge is 0.0842 e. The van der Waals surface area contributed by atoms with Gasteiger partial charge in [0.25, 0.3) is 0 Å². The van der Waals surface area contributed by atoms with Crippen molar-refractivity contribution < 1.29 is 0 Å². The molecule has 1 unspecified atom stereocenters. The van der Waals surface area contributed by atoms with Gasteiger partial charge in [0, 0.05) is 0 Å². The molecule has 0 aromatic rings. The molecular weight excluding hydrogens is 124 g/mol. The molecule has 0 amide bonds. The van der Waals surface area contributed by atoms with Gasteiger partial charge in [-0.1, -0.05) is 32.6 Å². The lowest BCUT2D eigenvalue weighted by Crippen LogP contribution is -2.39. The predicted molar refractivity (Wildman–Crippen MR) is 44.0 cm³/mol. The van der Waals surface area contributed by atoms with Gasteiger partial charge in [-0.3, -0.25) is 5.84 Å². The van der Waals surface area contributed by atoms with Crippen LogP contribution >= 0.6 is 0 Å². The van der Waals surface area contributed by atoms with Gasteiger partial charge >= 0.3 is 0 Å². The van der Waals surface area contributed by atoms with E-state index in [9.17, 15) is 0 Å². The number of terminal acetylenes is 1. The lowest BCUT2D eigenvalue weighted by Gasteiger charge is -2.18. The van der Waals surface area contributed by atoms with Crippen LogP contribution in [0.25, 0.3) is 0 Å². The second kappa shape index (κ2) is 5.28. The zero-order valence-electron chi connectivity index (χ0n) is 6.72. The van der Waals surface area contributed by atoms with Gasteiger partial charge in [0.15, 0.2) is 0 Å². The lowest BCUT2D eigenvalue weighted by atomic mass is 9.95. The van der Waals surface area contributed by atoms with E-state index in [2.05, 4.69) is 25.2 Å². The van der Waals surface area contributed by atoms with Crippen molar-refractivity contribution in [3.8, 4) is 12.3 Å². The summed E-state index contributed by atoms with van der Waals surface area (Å²) in [7, 11) is 0. The second-order valence-electron chi connectivity index (χ2n) is 2.39. The molecular formula is C8H16N2. The van der Waals surface area contributed by atoms with Crippen molar-refractivity contribution in [2.45, 2.75) is 32.7 Å². The van der Waals surface area contributed by atoms with Gasteiger partial charge in [0.05, 0.1) is 6.04 Å². The van der Waals surface area contributed by atoms with Crippen LogP contribution in [0.4, 0.5) is 0 Å². The summed E-state index contributed by atoms with van der Waals surface area (Å²) in [5, 5.41) is 0. The van der Waals surface area contributed by atoms with Gasteiger partial charge in [0.1, 0.15) is 0 Å². The molecule has 0 fully saturated rings. The van der Waals surface area contributed by atoms with E-state index in [1.54, 1.807) is 0 Å². The highest BCUT2D eigenvalue weighted by Crippen LogP contribution is 2.11. The Hall–Kier alpha value is -0.520.